The average molecular weight is 393 g/mol. The van der Waals surface area contributed by atoms with Crippen LogP contribution in [-0.2, 0) is 4.79 Å². The Bertz CT molecular complexity index is 958. The van der Waals surface area contributed by atoms with Crippen LogP contribution in [0.2, 0.25) is 0 Å². The molecule has 2 aliphatic heterocycles. The number of amides is 1. The molecular formula is C22H27N5O2. The Morgan fingerprint density at radius 2 is 2.03 bits per heavy atom. The number of rotatable bonds is 5. The highest BCUT2D eigenvalue weighted by Crippen LogP contribution is 2.33. The van der Waals surface area contributed by atoms with Crippen LogP contribution in [0.4, 0.5) is 5.82 Å². The van der Waals surface area contributed by atoms with Crippen LogP contribution in [0.25, 0.3) is 11.8 Å². The van der Waals surface area contributed by atoms with Gasteiger partial charge in [0.1, 0.15) is 11.6 Å². The molecular weight excluding hydrogens is 366 g/mol. The third-order valence-electron chi connectivity index (χ3n) is 5.94. The number of para-hydroxylation sites is 1. The third-order valence-corrected chi connectivity index (χ3v) is 5.94. The van der Waals surface area contributed by atoms with Gasteiger partial charge in [-0.15, -0.1) is 0 Å². The number of benzene rings is 1. The minimum atomic E-state index is 0.0141. The van der Waals surface area contributed by atoms with Crippen LogP contribution >= 0.6 is 0 Å². The van der Waals surface area contributed by atoms with Crippen molar-refractivity contribution in [3.8, 4) is 5.75 Å². The lowest BCUT2D eigenvalue weighted by molar-refractivity contribution is -0.125. The molecule has 1 aromatic carbocycles. The lowest BCUT2D eigenvalue weighted by atomic mass is 9.93. The van der Waals surface area contributed by atoms with Crippen molar-refractivity contribution < 1.29 is 9.90 Å². The molecule has 3 heterocycles. The Morgan fingerprint density at radius 3 is 2.76 bits per heavy atom. The summed E-state index contributed by atoms with van der Waals surface area (Å²) in [6.45, 7) is 7.03. The van der Waals surface area contributed by atoms with E-state index in [4.69, 9.17) is 11.5 Å². The number of nitrogens with two attached hydrogens (primary N) is 2. The first-order valence-electron chi connectivity index (χ1n) is 9.85. The van der Waals surface area contributed by atoms with E-state index in [1.165, 1.54) is 6.08 Å². The van der Waals surface area contributed by atoms with Crippen molar-refractivity contribution in [2.24, 2.45) is 5.73 Å². The minimum absolute atomic E-state index is 0.0141. The fourth-order valence-corrected chi connectivity index (χ4v) is 4.19. The number of phenols is 1. The molecule has 6 N–H and O–H groups in total. The number of anilines is 1. The molecule has 1 amide bonds. The zero-order valence-corrected chi connectivity index (χ0v) is 16.3. The first kappa shape index (κ1) is 19.1. The second-order valence-corrected chi connectivity index (χ2v) is 7.79. The molecule has 0 aliphatic carbocycles. The quantitative estimate of drug-likeness (QED) is 0.580. The van der Waals surface area contributed by atoms with E-state index in [1.54, 1.807) is 24.3 Å². The van der Waals surface area contributed by atoms with E-state index in [0.29, 0.717) is 29.0 Å². The lowest BCUT2D eigenvalue weighted by Crippen LogP contribution is -2.51. The highest BCUT2D eigenvalue weighted by molar-refractivity contribution is 5.87. The number of aromatic amines is 1. The van der Waals surface area contributed by atoms with Gasteiger partial charge in [0, 0.05) is 60.7 Å². The molecule has 0 spiro atoms. The molecule has 152 valence electrons. The fourth-order valence-electron chi connectivity index (χ4n) is 4.19. The normalized spacial score (nSPS) is 20.6. The molecule has 2 aromatic rings. The van der Waals surface area contributed by atoms with Gasteiger partial charge in [-0.25, -0.2) is 0 Å². The van der Waals surface area contributed by atoms with Crippen molar-refractivity contribution >= 4 is 23.5 Å². The topological polar surface area (TPSA) is 112 Å². The third kappa shape index (κ3) is 3.73. The average Bonchev–Trinajstić information content (AvgIpc) is 3.28. The summed E-state index contributed by atoms with van der Waals surface area (Å²) in [7, 11) is 0. The van der Waals surface area contributed by atoms with Crippen molar-refractivity contribution in [2.75, 3.05) is 31.9 Å². The zero-order valence-electron chi connectivity index (χ0n) is 16.3. The molecule has 4 rings (SSSR count). The lowest BCUT2D eigenvalue weighted by Gasteiger charge is -2.42. The van der Waals surface area contributed by atoms with Gasteiger partial charge in [-0.3, -0.25) is 9.69 Å². The van der Waals surface area contributed by atoms with E-state index in [2.05, 4.69) is 16.5 Å². The van der Waals surface area contributed by atoms with E-state index >= 15 is 0 Å². The van der Waals surface area contributed by atoms with Crippen LogP contribution in [-0.4, -0.2) is 58.0 Å². The first-order valence-corrected chi connectivity index (χ1v) is 9.85. The van der Waals surface area contributed by atoms with Gasteiger partial charge in [-0.1, -0.05) is 18.7 Å². The number of H-pyrrole nitrogens is 1. The summed E-state index contributed by atoms with van der Waals surface area (Å²) in [5, 5.41) is 9.98. The largest absolute Gasteiger partial charge is 0.507 e. The molecule has 2 saturated heterocycles. The Hall–Kier alpha value is -3.19. The van der Waals surface area contributed by atoms with Crippen LogP contribution in [0.1, 0.15) is 29.2 Å². The Morgan fingerprint density at radius 1 is 1.28 bits per heavy atom. The highest BCUT2D eigenvalue weighted by Gasteiger charge is 2.38. The Balaban J connectivity index is 1.40. The van der Waals surface area contributed by atoms with Gasteiger partial charge >= 0.3 is 0 Å². The predicted octanol–water partition coefficient (Wildman–Crippen LogP) is 1.95. The number of hydrogen-bond donors (Lipinski definition) is 4. The van der Waals surface area contributed by atoms with Crippen LogP contribution in [0.5, 0.6) is 5.75 Å². The SMILES string of the molecule is C=CC(=O)N1CC[C@H](N2CC(c3cc(/C=C(\N)c4ccccc4O)c(N)[nH]3)C2)C1. The number of phenolic OH excluding ortho intramolecular Hbond substituents is 1. The van der Waals surface area contributed by atoms with Gasteiger partial charge in [-0.2, -0.15) is 0 Å². The predicted molar refractivity (Wildman–Crippen MR) is 115 cm³/mol. The van der Waals surface area contributed by atoms with Crippen molar-refractivity contribution in [3.05, 3.63) is 59.8 Å². The van der Waals surface area contributed by atoms with Gasteiger partial charge in [0.25, 0.3) is 0 Å². The first-order chi connectivity index (χ1) is 14.0. The summed E-state index contributed by atoms with van der Waals surface area (Å²) >= 11 is 0. The monoisotopic (exact) mass is 393 g/mol. The summed E-state index contributed by atoms with van der Waals surface area (Å²) in [5.41, 5.74) is 15.3. The van der Waals surface area contributed by atoms with Crippen LogP contribution in [0.15, 0.2) is 43.0 Å². The molecule has 2 aliphatic rings. The fraction of sp³-hybridized carbons (Fsp3) is 0.318. The minimum Gasteiger partial charge on any atom is -0.507 e. The summed E-state index contributed by atoms with van der Waals surface area (Å²) in [4.78, 5) is 19.3. The van der Waals surface area contributed by atoms with Crippen LogP contribution in [0, 0.1) is 0 Å². The second-order valence-electron chi connectivity index (χ2n) is 7.79. The molecule has 1 aromatic heterocycles. The Labute approximate surface area is 170 Å². The standard InChI is InChI=1S/C22H27N5O2/c1-2-21(29)26-8-7-16(13-26)27-11-15(12-27)19-10-14(22(24)25-19)9-18(23)17-5-3-4-6-20(17)28/h2-6,9-10,15-16,25,28H,1,7-8,11-13,23-24H2/b18-9-/t16-/m0/s1. The van der Waals surface area contributed by atoms with E-state index in [0.717, 1.165) is 43.9 Å². The number of nitrogen functional groups attached to an aromatic ring is 1. The summed E-state index contributed by atoms with van der Waals surface area (Å²) in [6, 6.07) is 9.42. The van der Waals surface area contributed by atoms with Gasteiger partial charge < -0.3 is 26.5 Å². The number of nitrogens with zero attached hydrogens (tertiary/aromatic N) is 2. The van der Waals surface area contributed by atoms with Gasteiger partial charge in [0.2, 0.25) is 5.91 Å². The highest BCUT2D eigenvalue weighted by atomic mass is 16.3. The van der Waals surface area contributed by atoms with Crippen molar-refractivity contribution in [3.63, 3.8) is 0 Å². The molecule has 0 saturated carbocycles. The van der Waals surface area contributed by atoms with Crippen molar-refractivity contribution in [1.82, 2.24) is 14.8 Å². The summed E-state index contributed by atoms with van der Waals surface area (Å²) in [6.07, 6.45) is 4.18. The number of nitrogens with one attached hydrogen (secondary N) is 1. The molecule has 0 bridgehead atoms. The molecule has 1 atom stereocenters. The van der Waals surface area contributed by atoms with Crippen molar-refractivity contribution in [2.45, 2.75) is 18.4 Å². The Kier molecular flexibility index (Phi) is 5.07. The zero-order chi connectivity index (χ0) is 20.5. The van der Waals surface area contributed by atoms with Gasteiger partial charge in [0.05, 0.1) is 0 Å². The van der Waals surface area contributed by atoms with E-state index < -0.39 is 0 Å². The second kappa shape index (κ2) is 7.67. The maximum absolute atomic E-state index is 11.8. The summed E-state index contributed by atoms with van der Waals surface area (Å²) in [5.74, 6) is 1.11. The number of hydrogen-bond acceptors (Lipinski definition) is 5. The van der Waals surface area contributed by atoms with E-state index in [9.17, 15) is 9.90 Å². The molecule has 0 radical (unpaired) electrons. The number of carbonyl (C=O) groups excluding carboxylic acids is 1. The molecule has 0 unspecified atom stereocenters. The molecule has 29 heavy (non-hydrogen) atoms. The van der Waals surface area contributed by atoms with Gasteiger partial charge in [-0.05, 0) is 36.8 Å². The number of likely N-dealkylation sites (tertiary alicyclic amines) is 2. The summed E-state index contributed by atoms with van der Waals surface area (Å²) < 4.78 is 0. The van der Waals surface area contributed by atoms with E-state index in [-0.39, 0.29) is 11.7 Å². The maximum atomic E-state index is 11.8. The molecule has 7 heteroatoms. The van der Waals surface area contributed by atoms with Gasteiger partial charge in [0.15, 0.2) is 0 Å². The van der Waals surface area contributed by atoms with Crippen LogP contribution in [0.3, 0.4) is 0 Å². The van der Waals surface area contributed by atoms with Crippen LogP contribution < -0.4 is 11.5 Å². The van der Waals surface area contributed by atoms with Crippen molar-refractivity contribution in [1.29, 1.82) is 0 Å². The number of aromatic hydroxyl groups is 1. The maximum Gasteiger partial charge on any atom is 0.246 e. The smallest absolute Gasteiger partial charge is 0.246 e. The molecule has 2 fully saturated rings. The number of aromatic nitrogens is 1. The van der Waals surface area contributed by atoms with E-state index in [1.807, 2.05) is 17.0 Å². The number of carbonyl (C=O) groups is 1. The molecule has 7 nitrogen and oxygen atoms in total.